The van der Waals surface area contributed by atoms with E-state index in [0.717, 1.165) is 15.6 Å². The fraction of sp³-hybridized carbons (Fsp3) is 0.105. The first-order valence-electron chi connectivity index (χ1n) is 8.67. The second kappa shape index (κ2) is 7.68. The van der Waals surface area contributed by atoms with Crippen molar-refractivity contribution in [1.82, 2.24) is 25.1 Å². The quantitative estimate of drug-likeness (QED) is 0.395. The molecule has 0 bridgehead atoms. The highest BCUT2D eigenvalue weighted by Crippen LogP contribution is 2.26. The molecular formula is C19H16N6O3S. The number of ketones is 1. The molecule has 10 heteroatoms. The number of fused-ring (bicyclic) bond motifs is 1. The number of nitrogens with two attached hydrogens (primary N) is 1. The van der Waals surface area contributed by atoms with Crippen LogP contribution in [0.4, 0.5) is 0 Å². The minimum absolute atomic E-state index is 0.142. The van der Waals surface area contributed by atoms with E-state index in [4.69, 9.17) is 5.73 Å². The van der Waals surface area contributed by atoms with Gasteiger partial charge < -0.3 is 16.0 Å². The molecule has 0 aliphatic heterocycles. The summed E-state index contributed by atoms with van der Waals surface area (Å²) in [6.07, 6.45) is 6.83. The van der Waals surface area contributed by atoms with Gasteiger partial charge in [-0.05, 0) is 29.1 Å². The number of rotatable bonds is 7. The van der Waals surface area contributed by atoms with E-state index in [-0.39, 0.29) is 12.1 Å². The van der Waals surface area contributed by atoms with Gasteiger partial charge in [0, 0.05) is 30.4 Å². The standard InChI is InChI=1S/C19H16N6O3S/c20-18(27)17(26)13(7-11-10-29-15-9-21-8-12(11)15)24-19(28)14-4-6-23-25(14)16-3-1-2-5-22-16/h1-6,8-10,13,21H,7H2,(H2,20,27)(H,24,28). The topological polar surface area (TPSA) is 136 Å². The van der Waals surface area contributed by atoms with E-state index in [9.17, 15) is 14.4 Å². The zero-order valence-electron chi connectivity index (χ0n) is 15.0. The molecule has 0 spiro atoms. The van der Waals surface area contributed by atoms with Gasteiger partial charge in [-0.1, -0.05) is 6.07 Å². The molecule has 1 unspecified atom stereocenters. The smallest absolute Gasteiger partial charge is 0.287 e. The molecular weight excluding hydrogens is 392 g/mol. The van der Waals surface area contributed by atoms with Crippen LogP contribution in [0, 0.1) is 0 Å². The van der Waals surface area contributed by atoms with E-state index in [1.165, 1.54) is 28.3 Å². The normalized spacial score (nSPS) is 12.0. The fourth-order valence-electron chi connectivity index (χ4n) is 3.02. The Morgan fingerprint density at radius 2 is 2.07 bits per heavy atom. The number of pyridine rings is 1. The molecule has 0 radical (unpaired) electrons. The van der Waals surface area contributed by atoms with Crippen molar-refractivity contribution in [1.29, 1.82) is 0 Å². The van der Waals surface area contributed by atoms with Crippen LogP contribution < -0.4 is 11.1 Å². The van der Waals surface area contributed by atoms with Gasteiger partial charge in [-0.2, -0.15) is 5.10 Å². The maximum atomic E-state index is 12.9. The number of aromatic nitrogens is 4. The first kappa shape index (κ1) is 18.6. The van der Waals surface area contributed by atoms with Crippen LogP contribution >= 0.6 is 11.3 Å². The van der Waals surface area contributed by atoms with Crippen molar-refractivity contribution in [3.8, 4) is 5.82 Å². The first-order valence-corrected chi connectivity index (χ1v) is 9.55. The molecule has 29 heavy (non-hydrogen) atoms. The largest absolute Gasteiger partial charge is 0.366 e. The summed E-state index contributed by atoms with van der Waals surface area (Å²) in [5.41, 5.74) is 6.22. The summed E-state index contributed by atoms with van der Waals surface area (Å²) in [6.45, 7) is 0. The molecule has 0 saturated carbocycles. The zero-order chi connectivity index (χ0) is 20.4. The Bertz CT molecular complexity index is 1190. The second-order valence-corrected chi connectivity index (χ2v) is 7.18. The SMILES string of the molecule is NC(=O)C(=O)C(Cc1csc2c[nH]cc12)NC(=O)c1ccnn1-c1ccccn1. The van der Waals surface area contributed by atoms with Crippen molar-refractivity contribution >= 4 is 39.0 Å². The van der Waals surface area contributed by atoms with Crippen LogP contribution in [-0.4, -0.2) is 43.4 Å². The van der Waals surface area contributed by atoms with Gasteiger partial charge in [-0.25, -0.2) is 9.67 Å². The molecule has 4 aromatic rings. The Kier molecular flexibility index (Phi) is 4.92. The number of hydrogen-bond donors (Lipinski definition) is 3. The number of H-pyrrole nitrogens is 1. The van der Waals surface area contributed by atoms with Gasteiger partial charge in [-0.15, -0.1) is 11.3 Å². The zero-order valence-corrected chi connectivity index (χ0v) is 15.8. The second-order valence-electron chi connectivity index (χ2n) is 6.27. The molecule has 2 amide bonds. The number of amides is 2. The van der Waals surface area contributed by atoms with Crippen LogP contribution in [0.25, 0.3) is 15.9 Å². The molecule has 9 nitrogen and oxygen atoms in total. The first-order chi connectivity index (χ1) is 14.0. The van der Waals surface area contributed by atoms with Gasteiger partial charge in [0.25, 0.3) is 11.8 Å². The van der Waals surface area contributed by atoms with Gasteiger partial charge in [0.1, 0.15) is 11.7 Å². The molecule has 0 aliphatic carbocycles. The van der Waals surface area contributed by atoms with Crippen molar-refractivity contribution in [3.63, 3.8) is 0 Å². The maximum Gasteiger partial charge on any atom is 0.287 e. The summed E-state index contributed by atoms with van der Waals surface area (Å²) in [4.78, 5) is 43.9. The van der Waals surface area contributed by atoms with Crippen LogP contribution in [0.2, 0.25) is 0 Å². The summed E-state index contributed by atoms with van der Waals surface area (Å²) >= 11 is 1.51. The number of aromatic amines is 1. The molecule has 0 saturated heterocycles. The lowest BCUT2D eigenvalue weighted by Crippen LogP contribution is -2.47. The monoisotopic (exact) mass is 408 g/mol. The minimum atomic E-state index is -1.10. The molecule has 0 aliphatic rings. The lowest BCUT2D eigenvalue weighted by atomic mass is 10.0. The van der Waals surface area contributed by atoms with Gasteiger partial charge in [0.05, 0.1) is 10.9 Å². The summed E-state index contributed by atoms with van der Waals surface area (Å²) in [7, 11) is 0. The Balaban J connectivity index is 1.61. The van der Waals surface area contributed by atoms with Gasteiger partial charge in [-0.3, -0.25) is 14.4 Å². The van der Waals surface area contributed by atoms with Crippen LogP contribution in [0.1, 0.15) is 16.1 Å². The number of thiophene rings is 1. The Labute approximate surface area is 168 Å². The molecule has 0 aromatic carbocycles. The summed E-state index contributed by atoms with van der Waals surface area (Å²) in [5, 5.41) is 9.57. The van der Waals surface area contributed by atoms with Crippen molar-refractivity contribution in [3.05, 3.63) is 65.7 Å². The molecule has 4 aromatic heterocycles. The highest BCUT2D eigenvalue weighted by atomic mass is 32.1. The fourth-order valence-corrected chi connectivity index (χ4v) is 3.97. The number of nitrogens with one attached hydrogen (secondary N) is 2. The number of primary amides is 1. The highest BCUT2D eigenvalue weighted by Gasteiger charge is 2.28. The van der Waals surface area contributed by atoms with Crippen LogP contribution in [0.3, 0.4) is 0 Å². The number of carbonyl (C=O) groups excluding carboxylic acids is 3. The lowest BCUT2D eigenvalue weighted by molar-refractivity contribution is -0.137. The van der Waals surface area contributed by atoms with E-state index in [1.54, 1.807) is 24.4 Å². The van der Waals surface area contributed by atoms with Crippen molar-refractivity contribution in [2.45, 2.75) is 12.5 Å². The Morgan fingerprint density at radius 1 is 1.21 bits per heavy atom. The molecule has 0 fully saturated rings. The van der Waals surface area contributed by atoms with Crippen molar-refractivity contribution < 1.29 is 14.4 Å². The third-order valence-corrected chi connectivity index (χ3v) is 5.41. The Morgan fingerprint density at radius 3 is 2.83 bits per heavy atom. The van der Waals surface area contributed by atoms with Crippen LogP contribution in [0.15, 0.2) is 54.4 Å². The van der Waals surface area contributed by atoms with Gasteiger partial charge >= 0.3 is 0 Å². The van der Waals surface area contributed by atoms with Crippen LogP contribution in [-0.2, 0) is 16.0 Å². The van der Waals surface area contributed by atoms with Crippen LogP contribution in [0.5, 0.6) is 0 Å². The summed E-state index contributed by atoms with van der Waals surface area (Å²) in [6, 6.07) is 5.62. The lowest BCUT2D eigenvalue weighted by Gasteiger charge is -2.16. The maximum absolute atomic E-state index is 12.9. The average Bonchev–Trinajstić information content (AvgIpc) is 3.45. The molecule has 4 rings (SSSR count). The van der Waals surface area contributed by atoms with E-state index in [1.807, 2.05) is 17.8 Å². The Hall–Kier alpha value is -3.79. The summed E-state index contributed by atoms with van der Waals surface area (Å²) < 4.78 is 2.38. The minimum Gasteiger partial charge on any atom is -0.366 e. The number of Topliss-reactive ketones (excluding diaryl/α,β-unsaturated/α-hetero) is 1. The predicted octanol–water partition coefficient (Wildman–Crippen LogP) is 1.21. The van der Waals surface area contributed by atoms with Gasteiger partial charge in [0.15, 0.2) is 5.82 Å². The van der Waals surface area contributed by atoms with Gasteiger partial charge in [0.2, 0.25) is 5.78 Å². The molecule has 4 heterocycles. The number of nitrogens with zero attached hydrogens (tertiary/aromatic N) is 3. The highest BCUT2D eigenvalue weighted by molar-refractivity contribution is 7.17. The van der Waals surface area contributed by atoms with E-state index >= 15 is 0 Å². The third-order valence-electron chi connectivity index (χ3n) is 4.41. The van der Waals surface area contributed by atoms with Crippen molar-refractivity contribution in [2.24, 2.45) is 5.73 Å². The van der Waals surface area contributed by atoms with E-state index < -0.39 is 23.6 Å². The number of hydrogen-bond acceptors (Lipinski definition) is 6. The third kappa shape index (κ3) is 3.65. The number of carbonyl (C=O) groups is 3. The molecule has 4 N–H and O–H groups in total. The predicted molar refractivity (Wildman–Crippen MR) is 107 cm³/mol. The summed E-state index contributed by atoms with van der Waals surface area (Å²) in [5.74, 6) is -2.08. The molecule has 146 valence electrons. The molecule has 1 atom stereocenters. The van der Waals surface area contributed by atoms with E-state index in [2.05, 4.69) is 20.4 Å². The van der Waals surface area contributed by atoms with E-state index in [0.29, 0.717) is 5.82 Å². The average molecular weight is 408 g/mol. The van der Waals surface area contributed by atoms with Crippen molar-refractivity contribution in [2.75, 3.05) is 0 Å².